The van der Waals surface area contributed by atoms with Gasteiger partial charge in [-0.3, -0.25) is 4.57 Å². The highest BCUT2D eigenvalue weighted by Gasteiger charge is 2.15. The number of hydrogen-bond acceptors (Lipinski definition) is 6. The number of ether oxygens (including phenoxy) is 1. The number of unbranched alkanes of at least 4 members (excludes halogenated alkanes) is 1. The lowest BCUT2D eigenvalue weighted by molar-refractivity contribution is 0.286. The van der Waals surface area contributed by atoms with Gasteiger partial charge in [-0.05, 0) is 45.2 Å². The molecule has 2 heterocycles. The number of anilines is 1. The maximum atomic E-state index is 12.3. The third-order valence-electron chi connectivity index (χ3n) is 4.33. The molecule has 1 unspecified atom stereocenters. The number of nitrogens with one attached hydrogen (secondary N) is 2. The topological polar surface area (TPSA) is 111 Å². The number of hydrogen-bond donors (Lipinski definition) is 3. The van der Waals surface area contributed by atoms with Crippen molar-refractivity contribution in [3.63, 3.8) is 0 Å². The highest BCUT2D eigenvalue weighted by atomic mass is 16.5. The van der Waals surface area contributed by atoms with E-state index in [2.05, 4.69) is 34.1 Å². The summed E-state index contributed by atoms with van der Waals surface area (Å²) in [6.45, 7) is 6.45. The van der Waals surface area contributed by atoms with Gasteiger partial charge in [0.2, 0.25) is 0 Å². The van der Waals surface area contributed by atoms with E-state index in [0.717, 1.165) is 38.6 Å². The van der Waals surface area contributed by atoms with Crippen LogP contribution in [0.4, 0.5) is 5.82 Å². The lowest BCUT2D eigenvalue weighted by atomic mass is 10.0. The van der Waals surface area contributed by atoms with E-state index in [0.29, 0.717) is 30.2 Å². The number of rotatable bonds is 11. The van der Waals surface area contributed by atoms with Gasteiger partial charge in [0.05, 0.1) is 6.61 Å². The van der Waals surface area contributed by atoms with Gasteiger partial charge in [0.25, 0.3) is 0 Å². The molecule has 140 valence electrons. The number of H-pyrrole nitrogens is 1. The van der Waals surface area contributed by atoms with E-state index < -0.39 is 0 Å². The molecule has 0 saturated carbocycles. The third kappa shape index (κ3) is 5.19. The molecular weight excluding hydrogens is 320 g/mol. The summed E-state index contributed by atoms with van der Waals surface area (Å²) in [7, 11) is 1.96. The first-order valence-corrected chi connectivity index (χ1v) is 9.10. The Kier molecular flexibility index (Phi) is 7.24. The Morgan fingerprint density at radius 2 is 2.12 bits per heavy atom. The highest BCUT2D eigenvalue weighted by Crippen LogP contribution is 2.19. The van der Waals surface area contributed by atoms with Crippen molar-refractivity contribution in [2.45, 2.75) is 52.5 Å². The Hall–Kier alpha value is -2.09. The molecule has 0 aliphatic heterocycles. The van der Waals surface area contributed by atoms with E-state index in [1.54, 1.807) is 4.57 Å². The van der Waals surface area contributed by atoms with E-state index >= 15 is 0 Å². The Labute approximate surface area is 148 Å². The van der Waals surface area contributed by atoms with Crippen molar-refractivity contribution in [3.8, 4) is 6.01 Å². The van der Waals surface area contributed by atoms with Gasteiger partial charge < -0.3 is 20.8 Å². The van der Waals surface area contributed by atoms with Crippen LogP contribution in [0.25, 0.3) is 11.2 Å². The van der Waals surface area contributed by atoms with Crippen LogP contribution in [0.1, 0.15) is 46.0 Å². The minimum absolute atomic E-state index is 0.205. The Balaban J connectivity index is 2.12. The molecule has 0 radical (unpaired) electrons. The Morgan fingerprint density at radius 1 is 1.32 bits per heavy atom. The van der Waals surface area contributed by atoms with Crippen molar-refractivity contribution in [2.24, 2.45) is 5.92 Å². The Morgan fingerprint density at radius 3 is 2.84 bits per heavy atom. The maximum absolute atomic E-state index is 12.3. The molecule has 0 spiro atoms. The van der Waals surface area contributed by atoms with Crippen molar-refractivity contribution in [1.82, 2.24) is 24.8 Å². The van der Waals surface area contributed by atoms with Crippen LogP contribution in [0.15, 0.2) is 4.79 Å². The van der Waals surface area contributed by atoms with Crippen molar-refractivity contribution in [1.29, 1.82) is 0 Å². The zero-order valence-electron chi connectivity index (χ0n) is 15.5. The Bertz CT molecular complexity index is 724. The summed E-state index contributed by atoms with van der Waals surface area (Å²) in [6.07, 6.45) is 5.11. The van der Waals surface area contributed by atoms with Gasteiger partial charge in [-0.2, -0.15) is 9.97 Å². The molecule has 0 bridgehead atoms. The zero-order valence-corrected chi connectivity index (χ0v) is 15.5. The summed E-state index contributed by atoms with van der Waals surface area (Å²) in [5, 5.41) is 3.15. The van der Waals surface area contributed by atoms with Crippen LogP contribution in [0.2, 0.25) is 0 Å². The van der Waals surface area contributed by atoms with E-state index in [1.807, 2.05) is 7.05 Å². The van der Waals surface area contributed by atoms with Crippen molar-refractivity contribution in [2.75, 3.05) is 25.9 Å². The predicted octanol–water partition coefficient (Wildman–Crippen LogP) is 1.91. The molecule has 0 saturated heterocycles. The highest BCUT2D eigenvalue weighted by molar-refractivity contribution is 5.81. The first-order valence-electron chi connectivity index (χ1n) is 9.10. The molecule has 8 nitrogen and oxygen atoms in total. The first kappa shape index (κ1) is 19.2. The number of aromatic nitrogens is 4. The number of aromatic amines is 1. The normalized spacial score (nSPS) is 12.6. The van der Waals surface area contributed by atoms with Crippen molar-refractivity contribution >= 4 is 17.0 Å². The van der Waals surface area contributed by atoms with Crippen LogP contribution in [-0.4, -0.2) is 39.7 Å². The van der Waals surface area contributed by atoms with Gasteiger partial charge in [0, 0.05) is 6.54 Å². The molecule has 0 fully saturated rings. The molecule has 0 aliphatic rings. The minimum atomic E-state index is -0.205. The van der Waals surface area contributed by atoms with Gasteiger partial charge in [-0.25, -0.2) is 4.79 Å². The lowest BCUT2D eigenvalue weighted by Gasteiger charge is -2.11. The molecule has 0 aliphatic carbocycles. The maximum Gasteiger partial charge on any atom is 0.327 e. The summed E-state index contributed by atoms with van der Waals surface area (Å²) >= 11 is 0. The predicted molar refractivity (Wildman–Crippen MR) is 99.9 cm³/mol. The molecule has 4 N–H and O–H groups in total. The lowest BCUT2D eigenvalue weighted by Crippen LogP contribution is -2.19. The molecule has 25 heavy (non-hydrogen) atoms. The van der Waals surface area contributed by atoms with E-state index in [1.165, 1.54) is 0 Å². The van der Waals surface area contributed by atoms with Crippen LogP contribution < -0.4 is 21.5 Å². The number of aryl methyl sites for hydroxylation is 1. The molecule has 0 amide bonds. The SMILES string of the molecule is CCCCOc1nc(N)c2[nH]c(=O)n(CCC(C)CCCNC)c2n1. The summed E-state index contributed by atoms with van der Waals surface area (Å²) in [4.78, 5) is 23.5. The molecule has 2 aromatic rings. The summed E-state index contributed by atoms with van der Waals surface area (Å²) in [5.74, 6) is 0.777. The quantitative estimate of drug-likeness (QED) is 0.534. The minimum Gasteiger partial charge on any atom is -0.463 e. The van der Waals surface area contributed by atoms with Gasteiger partial charge in [0.1, 0.15) is 5.52 Å². The average molecular weight is 350 g/mol. The fourth-order valence-corrected chi connectivity index (χ4v) is 2.73. The summed E-state index contributed by atoms with van der Waals surface area (Å²) in [5.41, 5.74) is 6.76. The number of nitrogens with two attached hydrogens (primary N) is 1. The second kappa shape index (κ2) is 9.41. The number of nitrogen functional groups attached to an aromatic ring is 1. The fraction of sp³-hybridized carbons (Fsp3) is 0.706. The first-order chi connectivity index (χ1) is 12.1. The van der Waals surface area contributed by atoms with Crippen LogP contribution >= 0.6 is 0 Å². The van der Waals surface area contributed by atoms with Crippen molar-refractivity contribution < 1.29 is 4.74 Å². The van der Waals surface area contributed by atoms with E-state index in [4.69, 9.17) is 10.5 Å². The van der Waals surface area contributed by atoms with Gasteiger partial charge in [-0.1, -0.05) is 20.3 Å². The molecule has 0 aromatic carbocycles. The average Bonchev–Trinajstić information content (AvgIpc) is 2.90. The summed E-state index contributed by atoms with van der Waals surface area (Å²) < 4.78 is 7.19. The smallest absolute Gasteiger partial charge is 0.327 e. The van der Waals surface area contributed by atoms with E-state index in [9.17, 15) is 4.79 Å². The van der Waals surface area contributed by atoms with Crippen molar-refractivity contribution in [3.05, 3.63) is 10.5 Å². The third-order valence-corrected chi connectivity index (χ3v) is 4.33. The second-order valence-electron chi connectivity index (χ2n) is 6.51. The van der Waals surface area contributed by atoms with E-state index in [-0.39, 0.29) is 17.5 Å². The van der Waals surface area contributed by atoms with Gasteiger partial charge in [-0.15, -0.1) is 0 Å². The number of nitrogens with zero attached hydrogens (tertiary/aromatic N) is 3. The van der Waals surface area contributed by atoms with Crippen LogP contribution in [-0.2, 0) is 6.54 Å². The summed E-state index contributed by atoms with van der Waals surface area (Å²) in [6, 6.07) is 0.230. The monoisotopic (exact) mass is 350 g/mol. The number of fused-ring (bicyclic) bond motifs is 1. The number of imidazole rings is 1. The van der Waals surface area contributed by atoms with Gasteiger partial charge in [0.15, 0.2) is 11.5 Å². The van der Waals surface area contributed by atoms with Crippen LogP contribution in [0, 0.1) is 5.92 Å². The largest absolute Gasteiger partial charge is 0.463 e. The second-order valence-corrected chi connectivity index (χ2v) is 6.51. The van der Waals surface area contributed by atoms with Crippen LogP contribution in [0.5, 0.6) is 6.01 Å². The molecule has 2 aromatic heterocycles. The molecule has 8 heteroatoms. The zero-order chi connectivity index (χ0) is 18.2. The molecule has 2 rings (SSSR count). The standard InChI is InChI=1S/C17H30N6O2/c1-4-5-11-25-16-21-14(18)13-15(22-16)23(17(24)20-13)10-8-12(2)7-6-9-19-3/h12,19H,4-11H2,1-3H3,(H,20,24)(H2,18,21,22). The molecular formula is C17H30N6O2. The van der Waals surface area contributed by atoms with Crippen LogP contribution in [0.3, 0.4) is 0 Å². The fourth-order valence-electron chi connectivity index (χ4n) is 2.73. The van der Waals surface area contributed by atoms with Gasteiger partial charge >= 0.3 is 11.7 Å². The molecule has 1 atom stereocenters.